The molecule has 0 aliphatic rings. The SMILES string of the molecule is ClC[SiH](c1ccccc1)c1ccc([SiH](CCl)c2ccccc2)s1. The molecule has 0 amide bonds. The number of halogens is 2. The van der Waals surface area contributed by atoms with Crippen LogP contribution in [0.25, 0.3) is 0 Å². The van der Waals surface area contributed by atoms with E-state index in [9.17, 15) is 0 Å². The van der Waals surface area contributed by atoms with Gasteiger partial charge in [-0.3, -0.25) is 0 Å². The van der Waals surface area contributed by atoms with Gasteiger partial charge in [-0.15, -0.1) is 23.2 Å². The van der Waals surface area contributed by atoms with Crippen molar-refractivity contribution in [3.63, 3.8) is 0 Å². The van der Waals surface area contributed by atoms with Gasteiger partial charge in [0.1, 0.15) is 17.6 Å². The van der Waals surface area contributed by atoms with E-state index in [1.807, 2.05) is 11.3 Å². The van der Waals surface area contributed by atoms with E-state index >= 15 is 0 Å². The van der Waals surface area contributed by atoms with Gasteiger partial charge in [-0.25, -0.2) is 0 Å². The van der Waals surface area contributed by atoms with Crippen molar-refractivity contribution in [1.29, 1.82) is 0 Å². The first-order chi connectivity index (χ1) is 11.3. The molecule has 2 unspecified atom stereocenters. The fourth-order valence-corrected chi connectivity index (χ4v) is 13.0. The van der Waals surface area contributed by atoms with E-state index in [1.165, 1.54) is 19.4 Å². The summed E-state index contributed by atoms with van der Waals surface area (Å²) in [5.41, 5.74) is 1.48. The highest BCUT2D eigenvalue weighted by Gasteiger charge is 2.21. The molecular formula is C18H18Cl2SSi2. The molecule has 0 N–H and O–H groups in total. The van der Waals surface area contributed by atoms with Crippen LogP contribution in [0.5, 0.6) is 0 Å². The molecule has 3 rings (SSSR count). The van der Waals surface area contributed by atoms with Crippen molar-refractivity contribution in [2.45, 2.75) is 0 Å². The summed E-state index contributed by atoms with van der Waals surface area (Å²) in [6.07, 6.45) is 0. The number of hydrogen-bond acceptors (Lipinski definition) is 1. The number of hydrogen-bond donors (Lipinski definition) is 0. The van der Waals surface area contributed by atoms with Crippen LogP contribution in [0.4, 0.5) is 0 Å². The van der Waals surface area contributed by atoms with E-state index in [0.717, 1.165) is 11.0 Å². The molecule has 0 radical (unpaired) electrons. The molecule has 0 nitrogen and oxygen atoms in total. The predicted molar refractivity (Wildman–Crippen MR) is 111 cm³/mol. The van der Waals surface area contributed by atoms with Gasteiger partial charge in [0.2, 0.25) is 0 Å². The Balaban J connectivity index is 1.90. The van der Waals surface area contributed by atoms with Crippen LogP contribution in [0, 0.1) is 0 Å². The zero-order valence-electron chi connectivity index (χ0n) is 12.7. The lowest BCUT2D eigenvalue weighted by Gasteiger charge is -2.12. The highest BCUT2D eigenvalue weighted by atomic mass is 35.5. The van der Waals surface area contributed by atoms with Crippen LogP contribution in [-0.4, -0.2) is 28.6 Å². The summed E-state index contributed by atoms with van der Waals surface area (Å²) in [6, 6.07) is 26.0. The first kappa shape index (κ1) is 17.0. The minimum absolute atomic E-state index is 0.738. The molecule has 0 spiro atoms. The molecule has 0 aliphatic carbocycles. The highest BCUT2D eigenvalue weighted by Crippen LogP contribution is 2.03. The van der Waals surface area contributed by atoms with E-state index in [4.69, 9.17) is 23.2 Å². The van der Waals surface area contributed by atoms with E-state index in [-0.39, 0.29) is 0 Å². The van der Waals surface area contributed by atoms with Gasteiger partial charge in [0.05, 0.1) is 0 Å². The molecule has 5 heteroatoms. The minimum atomic E-state index is -1.29. The molecule has 118 valence electrons. The molecule has 0 bridgehead atoms. The second kappa shape index (κ2) is 8.31. The Kier molecular flexibility index (Phi) is 6.14. The van der Waals surface area contributed by atoms with E-state index < -0.39 is 17.6 Å². The summed E-state index contributed by atoms with van der Waals surface area (Å²) in [5.74, 6) is 0. The van der Waals surface area contributed by atoms with Gasteiger partial charge in [0.15, 0.2) is 0 Å². The van der Waals surface area contributed by atoms with Gasteiger partial charge in [-0.2, -0.15) is 11.3 Å². The summed E-state index contributed by atoms with van der Waals surface area (Å²) in [7, 11) is -2.58. The molecule has 1 aromatic heterocycles. The first-order valence-electron chi connectivity index (χ1n) is 7.65. The minimum Gasteiger partial charge on any atom is -0.154 e. The van der Waals surface area contributed by atoms with Crippen molar-refractivity contribution in [3.05, 3.63) is 72.8 Å². The van der Waals surface area contributed by atoms with Gasteiger partial charge >= 0.3 is 0 Å². The van der Waals surface area contributed by atoms with Crippen molar-refractivity contribution < 1.29 is 0 Å². The topological polar surface area (TPSA) is 0 Å². The maximum absolute atomic E-state index is 6.33. The highest BCUT2D eigenvalue weighted by molar-refractivity contribution is 7.34. The van der Waals surface area contributed by atoms with Gasteiger partial charge in [0, 0.05) is 11.0 Å². The lowest BCUT2D eigenvalue weighted by Crippen LogP contribution is -2.44. The Morgan fingerprint density at radius 1 is 0.609 bits per heavy atom. The fourth-order valence-electron chi connectivity index (χ4n) is 2.77. The second-order valence-electron chi connectivity index (χ2n) is 5.48. The lowest BCUT2D eigenvalue weighted by molar-refractivity contribution is 1.75. The third-order valence-electron chi connectivity index (χ3n) is 4.05. The Morgan fingerprint density at radius 2 is 1.00 bits per heavy atom. The zero-order chi connectivity index (χ0) is 16.1. The average molecular weight is 393 g/mol. The molecule has 0 saturated carbocycles. The van der Waals surface area contributed by atoms with Gasteiger partial charge < -0.3 is 0 Å². The monoisotopic (exact) mass is 392 g/mol. The zero-order valence-corrected chi connectivity index (χ0v) is 17.3. The Labute approximate surface area is 154 Å². The van der Waals surface area contributed by atoms with Crippen LogP contribution in [0.2, 0.25) is 0 Å². The normalized spacial score (nSPS) is 13.7. The fraction of sp³-hybridized carbons (Fsp3) is 0.111. The van der Waals surface area contributed by atoms with E-state index in [1.54, 1.807) is 0 Å². The van der Waals surface area contributed by atoms with Crippen molar-refractivity contribution in [2.75, 3.05) is 11.0 Å². The summed E-state index contributed by atoms with van der Waals surface area (Å²) < 4.78 is 2.94. The molecule has 2 aromatic carbocycles. The molecule has 3 aromatic rings. The van der Waals surface area contributed by atoms with Gasteiger partial charge in [-0.05, 0) is 9.00 Å². The van der Waals surface area contributed by atoms with Crippen LogP contribution in [0.1, 0.15) is 0 Å². The Bertz CT molecular complexity index is 669. The van der Waals surface area contributed by atoms with E-state index in [0.29, 0.717) is 0 Å². The summed E-state index contributed by atoms with van der Waals surface area (Å²) in [5, 5.41) is 2.83. The van der Waals surface area contributed by atoms with Crippen LogP contribution < -0.4 is 19.4 Å². The number of alkyl halides is 2. The standard InChI is InChI=1S/C18H18Cl2SSi2/c19-13-22(15-7-3-1-4-8-15)17-11-12-18(21-17)23(14-20)16-9-5-2-6-10-16/h1-12,22-23H,13-14H2. The van der Waals surface area contributed by atoms with Gasteiger partial charge in [-0.1, -0.05) is 83.2 Å². The van der Waals surface area contributed by atoms with Crippen LogP contribution >= 0.6 is 34.5 Å². The van der Waals surface area contributed by atoms with Crippen molar-refractivity contribution >= 4 is 71.5 Å². The molecule has 23 heavy (non-hydrogen) atoms. The molecule has 0 saturated heterocycles. The summed E-state index contributed by atoms with van der Waals surface area (Å²) >= 11 is 14.6. The molecule has 1 heterocycles. The molecule has 0 aliphatic heterocycles. The number of benzene rings is 2. The van der Waals surface area contributed by atoms with Crippen LogP contribution in [0.15, 0.2) is 72.8 Å². The maximum atomic E-state index is 6.33. The van der Waals surface area contributed by atoms with Crippen molar-refractivity contribution in [1.82, 2.24) is 0 Å². The first-order valence-corrected chi connectivity index (χ1v) is 13.5. The van der Waals surface area contributed by atoms with Crippen molar-refractivity contribution in [3.8, 4) is 0 Å². The third kappa shape index (κ3) is 3.98. The quantitative estimate of drug-likeness (QED) is 0.444. The number of rotatable bonds is 6. The smallest absolute Gasteiger partial charge is 0.130 e. The van der Waals surface area contributed by atoms with E-state index in [2.05, 4.69) is 72.8 Å². The second-order valence-corrected chi connectivity index (χ2v) is 14.7. The summed E-state index contributed by atoms with van der Waals surface area (Å²) in [4.78, 5) is 0. The molecule has 0 fully saturated rings. The van der Waals surface area contributed by atoms with Crippen molar-refractivity contribution in [2.24, 2.45) is 0 Å². The Morgan fingerprint density at radius 3 is 1.35 bits per heavy atom. The van der Waals surface area contributed by atoms with Gasteiger partial charge in [0.25, 0.3) is 0 Å². The predicted octanol–water partition coefficient (Wildman–Crippen LogP) is 1.99. The largest absolute Gasteiger partial charge is 0.154 e. The molecule has 2 atom stereocenters. The summed E-state index contributed by atoms with van der Waals surface area (Å²) in [6.45, 7) is 0. The van der Waals surface area contributed by atoms with Crippen LogP contribution in [-0.2, 0) is 0 Å². The average Bonchev–Trinajstić information content (AvgIpc) is 3.08. The number of thiophene rings is 1. The molecular weight excluding hydrogens is 375 g/mol. The maximum Gasteiger partial charge on any atom is 0.130 e. The Hall–Kier alpha value is -0.846. The van der Waals surface area contributed by atoms with Crippen LogP contribution in [0.3, 0.4) is 0 Å². The lowest BCUT2D eigenvalue weighted by atomic mass is 10.4. The third-order valence-corrected chi connectivity index (χ3v) is 13.8.